The summed E-state index contributed by atoms with van der Waals surface area (Å²) in [5.41, 5.74) is 2.24. The van der Waals surface area contributed by atoms with Crippen LogP contribution in [0.5, 0.6) is 0 Å². The van der Waals surface area contributed by atoms with Gasteiger partial charge in [0.2, 0.25) is 5.95 Å². The molecule has 0 radical (unpaired) electrons. The van der Waals surface area contributed by atoms with Gasteiger partial charge in [0.05, 0.1) is 0 Å². The third kappa shape index (κ3) is 3.66. The normalized spacial score (nSPS) is 12.5. The van der Waals surface area contributed by atoms with E-state index in [1.807, 2.05) is 20.2 Å². The predicted octanol–water partition coefficient (Wildman–Crippen LogP) is 2.13. The lowest BCUT2D eigenvalue weighted by Gasteiger charge is -2.24. The molecule has 0 bridgehead atoms. The summed E-state index contributed by atoms with van der Waals surface area (Å²) in [7, 11) is 2.05. The van der Waals surface area contributed by atoms with Crippen molar-refractivity contribution in [3.05, 3.63) is 17.5 Å². The van der Waals surface area contributed by atoms with E-state index in [1.54, 1.807) is 0 Å². The second kappa shape index (κ2) is 6.55. The van der Waals surface area contributed by atoms with E-state index in [9.17, 15) is 0 Å². The van der Waals surface area contributed by atoms with E-state index in [-0.39, 0.29) is 0 Å². The fourth-order valence-electron chi connectivity index (χ4n) is 1.55. The van der Waals surface area contributed by atoms with Crippen molar-refractivity contribution in [2.45, 2.75) is 46.7 Å². The molecular formula is C13H24N4. The molecule has 0 spiro atoms. The number of aryl methyl sites for hydroxylation is 1. The highest BCUT2D eigenvalue weighted by molar-refractivity contribution is 5.32. The number of hydrogen-bond acceptors (Lipinski definition) is 4. The molecule has 1 rings (SSSR count). The maximum absolute atomic E-state index is 4.57. The van der Waals surface area contributed by atoms with Crippen molar-refractivity contribution < 1.29 is 0 Å². The predicted molar refractivity (Wildman–Crippen MR) is 72.3 cm³/mol. The second-order valence-corrected chi connectivity index (χ2v) is 4.43. The summed E-state index contributed by atoms with van der Waals surface area (Å²) in [5.74, 6) is 0.817. The van der Waals surface area contributed by atoms with Gasteiger partial charge in [-0.3, -0.25) is 0 Å². The van der Waals surface area contributed by atoms with Gasteiger partial charge in [0.25, 0.3) is 0 Å². The van der Waals surface area contributed by atoms with Crippen LogP contribution in [-0.4, -0.2) is 29.6 Å². The maximum Gasteiger partial charge on any atom is 0.225 e. The Morgan fingerprint density at radius 3 is 2.65 bits per heavy atom. The average Bonchev–Trinajstić information content (AvgIpc) is 2.35. The van der Waals surface area contributed by atoms with E-state index in [0.29, 0.717) is 6.04 Å². The zero-order valence-electron chi connectivity index (χ0n) is 11.6. The first-order chi connectivity index (χ1) is 8.10. The van der Waals surface area contributed by atoms with E-state index in [4.69, 9.17) is 0 Å². The quantitative estimate of drug-likeness (QED) is 0.821. The van der Waals surface area contributed by atoms with Crippen LogP contribution in [0.2, 0.25) is 0 Å². The number of rotatable bonds is 6. The van der Waals surface area contributed by atoms with Gasteiger partial charge in [-0.05, 0) is 26.8 Å². The summed E-state index contributed by atoms with van der Waals surface area (Å²) in [6.45, 7) is 10.3. The van der Waals surface area contributed by atoms with Crippen LogP contribution in [0.4, 0.5) is 5.95 Å². The van der Waals surface area contributed by atoms with Gasteiger partial charge in [0.1, 0.15) is 0 Å². The van der Waals surface area contributed by atoms with Crippen LogP contribution < -0.4 is 10.2 Å². The van der Waals surface area contributed by atoms with Crippen LogP contribution in [0.3, 0.4) is 0 Å². The minimum atomic E-state index is 0.467. The van der Waals surface area contributed by atoms with E-state index >= 15 is 0 Å². The molecule has 0 aromatic carbocycles. The van der Waals surface area contributed by atoms with Gasteiger partial charge in [0, 0.05) is 37.1 Å². The van der Waals surface area contributed by atoms with Crippen molar-refractivity contribution in [1.29, 1.82) is 0 Å². The highest BCUT2D eigenvalue weighted by Crippen LogP contribution is 2.13. The highest BCUT2D eigenvalue weighted by atomic mass is 15.2. The molecule has 4 nitrogen and oxygen atoms in total. The molecule has 0 aliphatic rings. The Kier molecular flexibility index (Phi) is 5.35. The zero-order chi connectivity index (χ0) is 12.8. The Hall–Kier alpha value is -1.16. The van der Waals surface area contributed by atoms with E-state index in [1.165, 1.54) is 5.56 Å². The van der Waals surface area contributed by atoms with Gasteiger partial charge in [0.15, 0.2) is 0 Å². The van der Waals surface area contributed by atoms with Crippen LogP contribution in [0.15, 0.2) is 6.20 Å². The molecule has 0 fully saturated rings. The van der Waals surface area contributed by atoms with Crippen molar-refractivity contribution in [3.63, 3.8) is 0 Å². The fourth-order valence-corrected chi connectivity index (χ4v) is 1.55. The van der Waals surface area contributed by atoms with E-state index < -0.39 is 0 Å². The number of hydrogen-bond donors (Lipinski definition) is 1. The summed E-state index contributed by atoms with van der Waals surface area (Å²) in [6.07, 6.45) is 3.03. The van der Waals surface area contributed by atoms with Crippen LogP contribution in [-0.2, 0) is 6.54 Å². The van der Waals surface area contributed by atoms with Gasteiger partial charge in [-0.25, -0.2) is 9.97 Å². The molecule has 1 atom stereocenters. The number of nitrogens with zero attached hydrogens (tertiary/aromatic N) is 3. The van der Waals surface area contributed by atoms with Crippen molar-refractivity contribution >= 4 is 5.95 Å². The lowest BCUT2D eigenvalue weighted by atomic mass is 10.2. The molecule has 0 aliphatic heterocycles. The van der Waals surface area contributed by atoms with E-state index in [2.05, 4.69) is 41.0 Å². The Balaban J connectivity index is 2.80. The van der Waals surface area contributed by atoms with Gasteiger partial charge in [-0.15, -0.1) is 0 Å². The molecule has 0 amide bonds. The monoisotopic (exact) mass is 236 g/mol. The molecule has 1 aromatic heterocycles. The molecule has 4 heteroatoms. The molecule has 96 valence electrons. The average molecular weight is 236 g/mol. The third-order valence-corrected chi connectivity index (χ3v) is 3.20. The summed E-state index contributed by atoms with van der Waals surface area (Å²) in [6, 6.07) is 0.467. The van der Waals surface area contributed by atoms with Crippen molar-refractivity contribution in [1.82, 2.24) is 15.3 Å². The Morgan fingerprint density at radius 1 is 1.41 bits per heavy atom. The van der Waals surface area contributed by atoms with Crippen molar-refractivity contribution in [3.8, 4) is 0 Å². The molecule has 1 aromatic rings. The van der Waals surface area contributed by atoms with Crippen molar-refractivity contribution in [2.75, 3.05) is 18.5 Å². The SMILES string of the molecule is CCNCc1cnc(N(C)C(C)CC)nc1C. The first-order valence-corrected chi connectivity index (χ1v) is 6.36. The molecule has 1 heterocycles. The summed E-state index contributed by atoms with van der Waals surface area (Å²) in [4.78, 5) is 11.1. The molecule has 0 aliphatic carbocycles. The third-order valence-electron chi connectivity index (χ3n) is 3.20. The van der Waals surface area contributed by atoms with Crippen LogP contribution >= 0.6 is 0 Å². The summed E-state index contributed by atoms with van der Waals surface area (Å²) in [5, 5.41) is 3.29. The highest BCUT2D eigenvalue weighted by Gasteiger charge is 2.11. The molecular weight excluding hydrogens is 212 g/mol. The topological polar surface area (TPSA) is 41.1 Å². The number of anilines is 1. The largest absolute Gasteiger partial charge is 0.341 e. The molecule has 17 heavy (non-hydrogen) atoms. The number of nitrogens with one attached hydrogen (secondary N) is 1. The van der Waals surface area contributed by atoms with Gasteiger partial charge >= 0.3 is 0 Å². The van der Waals surface area contributed by atoms with Crippen LogP contribution in [0, 0.1) is 6.92 Å². The maximum atomic E-state index is 4.57. The first-order valence-electron chi connectivity index (χ1n) is 6.36. The molecule has 0 saturated heterocycles. The van der Waals surface area contributed by atoms with Gasteiger partial charge in [-0.1, -0.05) is 13.8 Å². The number of aromatic nitrogens is 2. The van der Waals surface area contributed by atoms with Gasteiger partial charge < -0.3 is 10.2 Å². The first kappa shape index (κ1) is 13.9. The molecule has 1 N–H and O–H groups in total. The minimum absolute atomic E-state index is 0.467. The Labute approximate surface area is 104 Å². The lowest BCUT2D eigenvalue weighted by Crippen LogP contribution is -2.30. The molecule has 1 unspecified atom stereocenters. The Bertz CT molecular complexity index is 351. The fraction of sp³-hybridized carbons (Fsp3) is 0.692. The van der Waals surface area contributed by atoms with Crippen LogP contribution in [0.25, 0.3) is 0 Å². The molecule has 0 saturated carbocycles. The van der Waals surface area contributed by atoms with E-state index in [0.717, 1.165) is 31.2 Å². The second-order valence-electron chi connectivity index (χ2n) is 4.43. The smallest absolute Gasteiger partial charge is 0.225 e. The summed E-state index contributed by atoms with van der Waals surface area (Å²) >= 11 is 0. The Morgan fingerprint density at radius 2 is 2.12 bits per heavy atom. The van der Waals surface area contributed by atoms with Gasteiger partial charge in [-0.2, -0.15) is 0 Å². The minimum Gasteiger partial charge on any atom is -0.341 e. The van der Waals surface area contributed by atoms with Crippen LogP contribution in [0.1, 0.15) is 38.4 Å². The summed E-state index contributed by atoms with van der Waals surface area (Å²) < 4.78 is 0. The standard InChI is InChI=1S/C13H24N4/c1-6-10(3)17(5)13-15-9-12(8-14-7-2)11(4)16-13/h9-10,14H,6-8H2,1-5H3. The van der Waals surface area contributed by atoms with Crippen molar-refractivity contribution in [2.24, 2.45) is 0 Å². The lowest BCUT2D eigenvalue weighted by molar-refractivity contribution is 0.644. The zero-order valence-corrected chi connectivity index (χ0v) is 11.6.